The van der Waals surface area contributed by atoms with Gasteiger partial charge in [0, 0.05) is 12.1 Å². The second-order valence-corrected chi connectivity index (χ2v) is 8.97. The van der Waals surface area contributed by atoms with Gasteiger partial charge in [0.25, 0.3) is 5.91 Å². The van der Waals surface area contributed by atoms with Crippen molar-refractivity contribution in [3.63, 3.8) is 0 Å². The van der Waals surface area contributed by atoms with Crippen molar-refractivity contribution in [1.82, 2.24) is 9.62 Å². The summed E-state index contributed by atoms with van der Waals surface area (Å²) in [5, 5.41) is 2.64. The zero-order valence-electron chi connectivity index (χ0n) is 15.0. The van der Waals surface area contributed by atoms with Gasteiger partial charge in [0.15, 0.2) is 6.61 Å². The van der Waals surface area contributed by atoms with E-state index in [9.17, 15) is 22.4 Å². The molecule has 0 spiro atoms. The lowest BCUT2D eigenvalue weighted by atomic mass is 10.1. The van der Waals surface area contributed by atoms with E-state index in [4.69, 9.17) is 4.74 Å². The third-order valence-corrected chi connectivity index (χ3v) is 5.70. The fourth-order valence-corrected chi connectivity index (χ4v) is 4.44. The molecule has 0 aromatic heterocycles. The van der Waals surface area contributed by atoms with Crippen molar-refractivity contribution in [2.45, 2.75) is 50.1 Å². The third-order valence-electron chi connectivity index (χ3n) is 3.76. The summed E-state index contributed by atoms with van der Waals surface area (Å²) >= 11 is 0. The largest absolute Gasteiger partial charge is 0.454 e. The quantitative estimate of drug-likeness (QED) is 0.773. The topological polar surface area (TPSA) is 92.8 Å². The minimum absolute atomic E-state index is 0.0879. The van der Waals surface area contributed by atoms with E-state index in [1.807, 2.05) is 0 Å². The number of carbonyl (C=O) groups is 2. The molecule has 0 bridgehead atoms. The molecule has 1 N–H and O–H groups in total. The van der Waals surface area contributed by atoms with E-state index < -0.39 is 50.8 Å². The second-order valence-electron chi connectivity index (χ2n) is 7.11. The second kappa shape index (κ2) is 7.71. The van der Waals surface area contributed by atoms with Crippen molar-refractivity contribution >= 4 is 21.9 Å². The Labute approximate surface area is 152 Å². The smallest absolute Gasteiger partial charge is 0.324 e. The Bertz CT molecular complexity index is 789. The third kappa shape index (κ3) is 4.79. The molecule has 0 unspecified atom stereocenters. The molecule has 1 heterocycles. The number of rotatable bonds is 5. The molecular formula is C17H23FN2O5S. The van der Waals surface area contributed by atoms with Crippen molar-refractivity contribution in [3.05, 3.63) is 30.1 Å². The van der Waals surface area contributed by atoms with Gasteiger partial charge in [-0.25, -0.2) is 12.8 Å². The molecule has 1 atom stereocenters. The summed E-state index contributed by atoms with van der Waals surface area (Å²) in [6, 6.07) is 3.94. The van der Waals surface area contributed by atoms with Crippen LogP contribution in [-0.2, 0) is 24.3 Å². The lowest BCUT2D eigenvalue weighted by Gasteiger charge is -2.23. The molecular weight excluding hydrogens is 363 g/mol. The maximum Gasteiger partial charge on any atom is 0.324 e. The number of hydrogen-bond donors (Lipinski definition) is 1. The molecule has 1 amide bonds. The van der Waals surface area contributed by atoms with Crippen LogP contribution in [0.3, 0.4) is 0 Å². The monoisotopic (exact) mass is 386 g/mol. The maximum absolute atomic E-state index is 13.9. The zero-order chi connectivity index (χ0) is 19.5. The number of halogens is 1. The highest BCUT2D eigenvalue weighted by atomic mass is 32.2. The van der Waals surface area contributed by atoms with Gasteiger partial charge >= 0.3 is 5.97 Å². The van der Waals surface area contributed by atoms with E-state index in [-0.39, 0.29) is 13.0 Å². The van der Waals surface area contributed by atoms with Crippen LogP contribution in [0.15, 0.2) is 29.2 Å². The van der Waals surface area contributed by atoms with Gasteiger partial charge in [-0.1, -0.05) is 12.1 Å². The number of nitrogens with zero attached hydrogens (tertiary/aromatic N) is 1. The average molecular weight is 386 g/mol. The standard InChI is InChI=1S/C17H23FN2O5S/c1-17(2,3)19-15(21)11-25-16(22)13-8-6-10-20(13)26(23,24)14-9-5-4-7-12(14)18/h4-5,7,9,13H,6,8,10-11H2,1-3H3,(H,19,21)/t13-/m0/s1. The first kappa shape index (κ1) is 20.3. The molecule has 1 aromatic rings. The fraction of sp³-hybridized carbons (Fsp3) is 0.529. The van der Waals surface area contributed by atoms with Crippen molar-refractivity contribution in [1.29, 1.82) is 0 Å². The van der Waals surface area contributed by atoms with Crippen LogP contribution in [0.4, 0.5) is 4.39 Å². The Balaban J connectivity index is 2.09. The van der Waals surface area contributed by atoms with Crippen LogP contribution in [0.5, 0.6) is 0 Å². The molecule has 9 heteroatoms. The summed E-state index contributed by atoms with van der Waals surface area (Å²) in [6.45, 7) is 4.94. The molecule has 0 saturated carbocycles. The summed E-state index contributed by atoms with van der Waals surface area (Å²) in [6.07, 6.45) is 0.703. The van der Waals surface area contributed by atoms with Crippen LogP contribution in [-0.4, -0.2) is 49.3 Å². The number of benzene rings is 1. The first-order valence-electron chi connectivity index (χ1n) is 8.26. The van der Waals surface area contributed by atoms with Crippen LogP contribution >= 0.6 is 0 Å². The number of esters is 1. The van der Waals surface area contributed by atoms with Crippen LogP contribution in [0.25, 0.3) is 0 Å². The van der Waals surface area contributed by atoms with Gasteiger partial charge in [0.05, 0.1) is 0 Å². The van der Waals surface area contributed by atoms with Crippen LogP contribution in [0.2, 0.25) is 0 Å². The molecule has 7 nitrogen and oxygen atoms in total. The van der Waals surface area contributed by atoms with Crippen molar-refractivity contribution in [3.8, 4) is 0 Å². The average Bonchev–Trinajstić information content (AvgIpc) is 3.01. The number of amides is 1. The van der Waals surface area contributed by atoms with Gasteiger partial charge < -0.3 is 10.1 Å². The van der Waals surface area contributed by atoms with Gasteiger partial charge in [-0.15, -0.1) is 0 Å². The highest BCUT2D eigenvalue weighted by molar-refractivity contribution is 7.89. The fourth-order valence-electron chi connectivity index (χ4n) is 2.73. The minimum Gasteiger partial charge on any atom is -0.454 e. The molecule has 0 radical (unpaired) electrons. The number of nitrogens with one attached hydrogen (secondary N) is 1. The highest BCUT2D eigenvalue weighted by Gasteiger charge is 2.41. The molecule has 144 valence electrons. The van der Waals surface area contributed by atoms with E-state index in [0.717, 1.165) is 16.4 Å². The summed E-state index contributed by atoms with van der Waals surface area (Å²) in [5.74, 6) is -2.17. The molecule has 1 aliphatic rings. The van der Waals surface area contributed by atoms with Gasteiger partial charge in [-0.3, -0.25) is 9.59 Å². The van der Waals surface area contributed by atoms with E-state index in [1.165, 1.54) is 12.1 Å². The first-order valence-corrected chi connectivity index (χ1v) is 9.70. The number of sulfonamides is 1. The summed E-state index contributed by atoms with van der Waals surface area (Å²) in [5.41, 5.74) is -0.475. The lowest BCUT2D eigenvalue weighted by molar-refractivity contribution is -0.152. The molecule has 2 rings (SSSR count). The number of carbonyl (C=O) groups excluding carboxylic acids is 2. The van der Waals surface area contributed by atoms with Crippen molar-refractivity contribution in [2.75, 3.05) is 13.2 Å². The predicted molar refractivity (Wildman–Crippen MR) is 92.2 cm³/mol. The summed E-state index contributed by atoms with van der Waals surface area (Å²) in [7, 11) is -4.17. The first-order chi connectivity index (χ1) is 12.0. The molecule has 1 saturated heterocycles. The Hall–Kier alpha value is -2.00. The van der Waals surface area contributed by atoms with Crippen LogP contribution in [0.1, 0.15) is 33.6 Å². The van der Waals surface area contributed by atoms with E-state index in [1.54, 1.807) is 20.8 Å². The summed E-state index contributed by atoms with van der Waals surface area (Å²) < 4.78 is 45.2. The molecule has 1 aromatic carbocycles. The van der Waals surface area contributed by atoms with Gasteiger partial charge in [-0.05, 0) is 45.7 Å². The van der Waals surface area contributed by atoms with Crippen molar-refractivity contribution < 1.29 is 27.1 Å². The molecule has 1 aliphatic heterocycles. The lowest BCUT2D eigenvalue weighted by Crippen LogP contribution is -2.45. The predicted octanol–water partition coefficient (Wildman–Crippen LogP) is 1.44. The Kier molecular flexibility index (Phi) is 6.02. The van der Waals surface area contributed by atoms with E-state index in [0.29, 0.717) is 6.42 Å². The van der Waals surface area contributed by atoms with Crippen LogP contribution < -0.4 is 5.32 Å². The van der Waals surface area contributed by atoms with Crippen molar-refractivity contribution in [2.24, 2.45) is 0 Å². The zero-order valence-corrected chi connectivity index (χ0v) is 15.8. The van der Waals surface area contributed by atoms with Gasteiger partial charge in [0.1, 0.15) is 16.8 Å². The SMILES string of the molecule is CC(C)(C)NC(=O)COC(=O)[C@@H]1CCCN1S(=O)(=O)c1ccccc1F. The Morgan fingerprint density at radius 1 is 1.31 bits per heavy atom. The molecule has 26 heavy (non-hydrogen) atoms. The normalized spacial score (nSPS) is 18.5. The molecule has 1 fully saturated rings. The van der Waals surface area contributed by atoms with E-state index in [2.05, 4.69) is 5.32 Å². The highest BCUT2D eigenvalue weighted by Crippen LogP contribution is 2.28. The Morgan fingerprint density at radius 3 is 2.58 bits per heavy atom. The number of hydrogen-bond acceptors (Lipinski definition) is 5. The molecule has 0 aliphatic carbocycles. The van der Waals surface area contributed by atoms with E-state index >= 15 is 0 Å². The Morgan fingerprint density at radius 2 is 1.96 bits per heavy atom. The summed E-state index contributed by atoms with van der Waals surface area (Å²) in [4.78, 5) is 23.6. The minimum atomic E-state index is -4.17. The van der Waals surface area contributed by atoms with Crippen LogP contribution in [0, 0.1) is 5.82 Å². The van der Waals surface area contributed by atoms with Gasteiger partial charge in [0.2, 0.25) is 10.0 Å². The maximum atomic E-state index is 13.9. The number of ether oxygens (including phenoxy) is 1. The van der Waals surface area contributed by atoms with Gasteiger partial charge in [-0.2, -0.15) is 4.31 Å².